The average molecular weight is 517 g/mol. The van der Waals surface area contributed by atoms with Gasteiger partial charge in [-0.25, -0.2) is 19.3 Å². The predicted molar refractivity (Wildman–Crippen MR) is 141 cm³/mol. The summed E-state index contributed by atoms with van der Waals surface area (Å²) >= 11 is 0. The van der Waals surface area contributed by atoms with Crippen LogP contribution in [0.2, 0.25) is 0 Å². The number of esters is 1. The van der Waals surface area contributed by atoms with Crippen LogP contribution in [0.3, 0.4) is 0 Å². The van der Waals surface area contributed by atoms with Crippen LogP contribution in [0.5, 0.6) is 0 Å². The second-order valence-corrected chi connectivity index (χ2v) is 10.7. The Hall–Kier alpha value is -3.40. The molecule has 1 fully saturated rings. The van der Waals surface area contributed by atoms with Crippen molar-refractivity contribution in [3.63, 3.8) is 0 Å². The van der Waals surface area contributed by atoms with Gasteiger partial charge in [0.05, 0.1) is 12.7 Å². The summed E-state index contributed by atoms with van der Waals surface area (Å²) in [5.74, 6) is -0.198. The Labute approximate surface area is 219 Å². The van der Waals surface area contributed by atoms with Crippen molar-refractivity contribution in [1.29, 1.82) is 0 Å². The molecule has 1 aliphatic rings. The van der Waals surface area contributed by atoms with E-state index in [1.54, 1.807) is 59.8 Å². The molecule has 1 aromatic carbocycles. The van der Waals surface area contributed by atoms with Crippen molar-refractivity contribution in [1.82, 2.24) is 14.7 Å². The highest BCUT2D eigenvalue weighted by molar-refractivity contribution is 5.99. The van der Waals surface area contributed by atoms with Crippen molar-refractivity contribution < 1.29 is 28.6 Å². The zero-order valence-corrected chi connectivity index (χ0v) is 23.1. The fourth-order valence-electron chi connectivity index (χ4n) is 3.58. The van der Waals surface area contributed by atoms with Crippen molar-refractivity contribution in [2.45, 2.75) is 59.3 Å². The van der Waals surface area contributed by atoms with Crippen molar-refractivity contribution in [3.8, 4) is 0 Å². The maximum absolute atomic E-state index is 13.1. The standard InChI is InChI=1S/C27H40N4O6/c1-9-14-31(25(34)37-27(5,6)7)23(28-24(33)36-26(2,3)4)30-17-15-29(16-18-30)19-20-10-12-21(13-11-20)22(32)35-8/h9-13H,1,14-19H2,2-8H3/b28-23-. The van der Waals surface area contributed by atoms with Gasteiger partial charge in [0.1, 0.15) is 11.2 Å². The molecule has 0 radical (unpaired) electrons. The molecule has 0 spiro atoms. The molecule has 1 aliphatic heterocycles. The van der Waals surface area contributed by atoms with Crippen LogP contribution in [0.4, 0.5) is 9.59 Å². The molecule has 2 amide bonds. The van der Waals surface area contributed by atoms with E-state index in [2.05, 4.69) is 16.5 Å². The molecule has 0 unspecified atom stereocenters. The molecule has 2 rings (SSSR count). The molecule has 0 atom stereocenters. The normalized spacial score (nSPS) is 15.1. The molecule has 1 heterocycles. The van der Waals surface area contributed by atoms with Crippen molar-refractivity contribution in [2.24, 2.45) is 4.99 Å². The molecule has 10 heteroatoms. The lowest BCUT2D eigenvalue weighted by Crippen LogP contribution is -2.55. The molecule has 10 nitrogen and oxygen atoms in total. The second kappa shape index (κ2) is 12.7. The van der Waals surface area contributed by atoms with Crippen LogP contribution in [0.15, 0.2) is 41.9 Å². The highest BCUT2D eigenvalue weighted by atomic mass is 16.6. The lowest BCUT2D eigenvalue weighted by atomic mass is 10.1. The predicted octanol–water partition coefficient (Wildman–Crippen LogP) is 4.31. The monoisotopic (exact) mass is 516 g/mol. The van der Waals surface area contributed by atoms with Crippen LogP contribution in [-0.2, 0) is 20.8 Å². The molecule has 0 aliphatic carbocycles. The van der Waals surface area contributed by atoms with Crippen molar-refractivity contribution >= 4 is 24.1 Å². The Morgan fingerprint density at radius 2 is 1.54 bits per heavy atom. The minimum Gasteiger partial charge on any atom is -0.465 e. The smallest absolute Gasteiger partial charge is 0.437 e. The van der Waals surface area contributed by atoms with Gasteiger partial charge < -0.3 is 19.1 Å². The third-order valence-electron chi connectivity index (χ3n) is 5.19. The number of methoxy groups -OCH3 is 1. The molecular formula is C27H40N4O6. The van der Waals surface area contributed by atoms with Gasteiger partial charge in [-0.1, -0.05) is 18.2 Å². The summed E-state index contributed by atoms with van der Waals surface area (Å²) in [4.78, 5) is 47.0. The van der Waals surface area contributed by atoms with E-state index in [9.17, 15) is 14.4 Å². The Balaban J connectivity index is 2.20. The zero-order valence-electron chi connectivity index (χ0n) is 23.1. The first-order valence-corrected chi connectivity index (χ1v) is 12.3. The second-order valence-electron chi connectivity index (χ2n) is 10.7. The van der Waals surface area contributed by atoms with Crippen LogP contribution >= 0.6 is 0 Å². The number of hydrogen-bond donors (Lipinski definition) is 0. The van der Waals surface area contributed by atoms with E-state index in [1.807, 2.05) is 17.0 Å². The Morgan fingerprint density at radius 1 is 0.973 bits per heavy atom. The summed E-state index contributed by atoms with van der Waals surface area (Å²) in [6.07, 6.45) is 0.152. The number of rotatable bonds is 5. The number of carbonyl (C=O) groups is 3. The molecular weight excluding hydrogens is 476 g/mol. The number of carbonyl (C=O) groups excluding carboxylic acids is 3. The minimum absolute atomic E-state index is 0.114. The van der Waals surface area contributed by atoms with Crippen molar-refractivity contribution in [3.05, 3.63) is 48.0 Å². The number of aliphatic imine (C=N–C) groups is 1. The minimum atomic E-state index is -0.784. The van der Waals surface area contributed by atoms with Gasteiger partial charge in [-0.2, -0.15) is 0 Å². The highest BCUT2D eigenvalue weighted by Gasteiger charge is 2.32. The largest absolute Gasteiger partial charge is 0.465 e. The Bertz CT molecular complexity index is 984. The average Bonchev–Trinajstić information content (AvgIpc) is 2.79. The van der Waals surface area contributed by atoms with Gasteiger partial charge in [0.25, 0.3) is 0 Å². The van der Waals surface area contributed by atoms with Gasteiger partial charge in [-0.3, -0.25) is 4.90 Å². The Kier molecular flexibility index (Phi) is 10.2. The topological polar surface area (TPSA) is 101 Å². The molecule has 204 valence electrons. The molecule has 1 aromatic rings. The third-order valence-corrected chi connectivity index (χ3v) is 5.19. The van der Waals surface area contributed by atoms with E-state index in [4.69, 9.17) is 14.2 Å². The number of benzene rings is 1. The van der Waals surface area contributed by atoms with Gasteiger partial charge in [-0.15, -0.1) is 11.6 Å². The maximum atomic E-state index is 13.1. The van der Waals surface area contributed by atoms with Crippen LogP contribution in [0.1, 0.15) is 57.5 Å². The van der Waals surface area contributed by atoms with Crippen LogP contribution < -0.4 is 0 Å². The number of hydrogen-bond acceptors (Lipinski definition) is 7. The van der Waals surface area contributed by atoms with Crippen LogP contribution in [0.25, 0.3) is 0 Å². The molecule has 0 aromatic heterocycles. The van der Waals surface area contributed by atoms with Gasteiger partial charge in [0.2, 0.25) is 5.96 Å². The lowest BCUT2D eigenvalue weighted by Gasteiger charge is -2.39. The SMILES string of the molecule is C=CCN(C(=O)OC(C)(C)C)/C(=N\C(=O)OC(C)(C)C)N1CCN(Cc2ccc(C(=O)OC)cc2)CC1. The number of ether oxygens (including phenoxy) is 3. The molecule has 1 saturated heterocycles. The number of guanidine groups is 1. The van der Waals surface area contributed by atoms with E-state index in [0.29, 0.717) is 38.3 Å². The first kappa shape index (κ1) is 29.8. The van der Waals surface area contributed by atoms with Gasteiger partial charge in [-0.05, 0) is 59.2 Å². The lowest BCUT2D eigenvalue weighted by molar-refractivity contribution is 0.0353. The molecule has 37 heavy (non-hydrogen) atoms. The van der Waals surface area contributed by atoms with Crippen LogP contribution in [0, 0.1) is 0 Å². The van der Waals surface area contributed by atoms with E-state index in [-0.39, 0.29) is 18.5 Å². The Morgan fingerprint density at radius 3 is 2.03 bits per heavy atom. The van der Waals surface area contributed by atoms with Gasteiger partial charge in [0.15, 0.2) is 0 Å². The summed E-state index contributed by atoms with van der Waals surface area (Å²) in [5, 5.41) is 0. The van der Waals surface area contributed by atoms with Crippen molar-refractivity contribution in [2.75, 3.05) is 39.8 Å². The molecule has 0 saturated carbocycles. The van der Waals surface area contributed by atoms with E-state index < -0.39 is 23.4 Å². The van der Waals surface area contributed by atoms with E-state index >= 15 is 0 Å². The summed E-state index contributed by atoms with van der Waals surface area (Å²) < 4.78 is 15.7. The number of piperazine rings is 1. The first-order chi connectivity index (χ1) is 17.2. The fraction of sp³-hybridized carbons (Fsp3) is 0.556. The van der Waals surface area contributed by atoms with Gasteiger partial charge >= 0.3 is 18.2 Å². The third kappa shape index (κ3) is 9.87. The summed E-state index contributed by atoms with van der Waals surface area (Å²) in [5.41, 5.74) is 0.104. The zero-order chi connectivity index (χ0) is 27.8. The maximum Gasteiger partial charge on any atom is 0.437 e. The van der Waals surface area contributed by atoms with Gasteiger partial charge in [0, 0.05) is 39.3 Å². The summed E-state index contributed by atoms with van der Waals surface area (Å²) in [6, 6.07) is 7.30. The first-order valence-electron chi connectivity index (χ1n) is 12.3. The summed E-state index contributed by atoms with van der Waals surface area (Å²) in [6.45, 7) is 17.5. The quantitative estimate of drug-likeness (QED) is 0.188. The van der Waals surface area contributed by atoms with Crippen LogP contribution in [-0.4, -0.2) is 89.9 Å². The fourth-order valence-corrected chi connectivity index (χ4v) is 3.58. The number of amides is 2. The van der Waals surface area contributed by atoms with E-state index in [0.717, 1.165) is 5.56 Å². The molecule has 0 bridgehead atoms. The van der Waals surface area contributed by atoms with E-state index in [1.165, 1.54) is 12.0 Å². The highest BCUT2D eigenvalue weighted by Crippen LogP contribution is 2.16. The number of nitrogens with zero attached hydrogens (tertiary/aromatic N) is 4. The summed E-state index contributed by atoms with van der Waals surface area (Å²) in [7, 11) is 1.36. The molecule has 0 N–H and O–H groups in total.